The maximum Gasteiger partial charge on any atom is 0.236 e. The first kappa shape index (κ1) is 16.3. The molecule has 1 saturated carbocycles. The van der Waals surface area contributed by atoms with E-state index in [0.29, 0.717) is 23.2 Å². The van der Waals surface area contributed by atoms with E-state index >= 15 is 0 Å². The molecule has 2 atom stereocenters. The summed E-state index contributed by atoms with van der Waals surface area (Å²) in [5.74, 6) is 1.28. The van der Waals surface area contributed by atoms with Gasteiger partial charge in [-0.25, -0.2) is 4.68 Å². The fourth-order valence-corrected chi connectivity index (χ4v) is 4.12. The Morgan fingerprint density at radius 2 is 2.32 bits per heavy atom. The van der Waals surface area contributed by atoms with Gasteiger partial charge in [0, 0.05) is 29.0 Å². The fourth-order valence-electron chi connectivity index (χ4n) is 3.94. The summed E-state index contributed by atoms with van der Waals surface area (Å²) in [4.78, 5) is 12.9. The SMILES string of the molecule is COc1c(NC(=O)[C@@H]2C[C@]23CCOc2ccc(Cl)cc23)c(C)nn1C. The number of aryl methyl sites for hydroxylation is 2. The van der Waals surface area contributed by atoms with Gasteiger partial charge in [-0.15, -0.1) is 0 Å². The number of ether oxygens (including phenoxy) is 2. The van der Waals surface area contributed by atoms with Gasteiger partial charge in [-0.1, -0.05) is 11.6 Å². The van der Waals surface area contributed by atoms with E-state index in [2.05, 4.69) is 10.4 Å². The molecule has 1 aliphatic carbocycles. The van der Waals surface area contributed by atoms with Crippen molar-refractivity contribution in [2.45, 2.75) is 25.2 Å². The molecule has 25 heavy (non-hydrogen) atoms. The Bertz CT molecular complexity index is 863. The molecule has 0 unspecified atom stereocenters. The molecule has 7 heteroatoms. The molecular weight excluding hydrogens is 342 g/mol. The minimum Gasteiger partial charge on any atom is -0.493 e. The molecule has 1 aromatic carbocycles. The number of hydrogen-bond donors (Lipinski definition) is 1. The van der Waals surface area contributed by atoms with Gasteiger partial charge >= 0.3 is 0 Å². The molecule has 6 nitrogen and oxygen atoms in total. The highest BCUT2D eigenvalue weighted by atomic mass is 35.5. The molecule has 1 spiro atoms. The normalized spacial score (nSPS) is 23.8. The minimum absolute atomic E-state index is 0.0118. The van der Waals surface area contributed by atoms with Crippen molar-refractivity contribution in [1.82, 2.24) is 9.78 Å². The molecule has 4 rings (SSSR count). The molecule has 1 amide bonds. The van der Waals surface area contributed by atoms with Crippen LogP contribution < -0.4 is 14.8 Å². The Kier molecular flexibility index (Phi) is 3.68. The maximum atomic E-state index is 12.9. The molecule has 1 N–H and O–H groups in total. The highest BCUT2D eigenvalue weighted by Crippen LogP contribution is 2.61. The molecule has 0 saturated heterocycles. The van der Waals surface area contributed by atoms with Crippen LogP contribution in [0, 0.1) is 12.8 Å². The van der Waals surface area contributed by atoms with Crippen molar-refractivity contribution in [1.29, 1.82) is 0 Å². The topological polar surface area (TPSA) is 65.4 Å². The Morgan fingerprint density at radius 3 is 3.08 bits per heavy atom. The second-order valence-corrected chi connectivity index (χ2v) is 7.17. The minimum atomic E-state index is -0.175. The second-order valence-electron chi connectivity index (χ2n) is 6.73. The van der Waals surface area contributed by atoms with Gasteiger partial charge in [-0.3, -0.25) is 4.79 Å². The van der Waals surface area contributed by atoms with Crippen LogP contribution in [0.5, 0.6) is 11.6 Å². The lowest BCUT2D eigenvalue weighted by Crippen LogP contribution is -2.26. The molecule has 1 aliphatic heterocycles. The van der Waals surface area contributed by atoms with Crippen molar-refractivity contribution < 1.29 is 14.3 Å². The number of nitrogens with one attached hydrogen (secondary N) is 1. The molecule has 1 fully saturated rings. The van der Waals surface area contributed by atoms with Gasteiger partial charge in [-0.2, -0.15) is 5.10 Å². The lowest BCUT2D eigenvalue weighted by Gasteiger charge is -2.27. The van der Waals surface area contributed by atoms with Crippen molar-refractivity contribution in [3.8, 4) is 11.6 Å². The zero-order valence-electron chi connectivity index (χ0n) is 14.4. The van der Waals surface area contributed by atoms with E-state index in [0.717, 1.165) is 29.8 Å². The predicted molar refractivity (Wildman–Crippen MR) is 94.5 cm³/mol. The van der Waals surface area contributed by atoms with Gasteiger partial charge in [0.1, 0.15) is 11.4 Å². The number of benzene rings is 1. The van der Waals surface area contributed by atoms with Crippen molar-refractivity contribution in [2.24, 2.45) is 13.0 Å². The van der Waals surface area contributed by atoms with Crippen LogP contribution in [0.4, 0.5) is 5.69 Å². The summed E-state index contributed by atoms with van der Waals surface area (Å²) in [5.41, 5.74) is 2.24. The second kappa shape index (κ2) is 5.66. The van der Waals surface area contributed by atoms with Crippen LogP contribution in [-0.4, -0.2) is 29.4 Å². The van der Waals surface area contributed by atoms with Crippen molar-refractivity contribution >= 4 is 23.2 Å². The van der Waals surface area contributed by atoms with Crippen LogP contribution in [-0.2, 0) is 17.3 Å². The van der Waals surface area contributed by atoms with E-state index < -0.39 is 0 Å². The fraction of sp³-hybridized carbons (Fsp3) is 0.444. The summed E-state index contributed by atoms with van der Waals surface area (Å²) in [7, 11) is 3.36. The van der Waals surface area contributed by atoms with Crippen LogP contribution in [0.25, 0.3) is 0 Å². The third-order valence-corrected chi connectivity index (χ3v) is 5.52. The Balaban J connectivity index is 1.60. The third-order valence-electron chi connectivity index (χ3n) is 5.29. The van der Waals surface area contributed by atoms with Gasteiger partial charge < -0.3 is 14.8 Å². The number of carbonyl (C=O) groups excluding carboxylic acids is 1. The number of rotatable bonds is 3. The number of nitrogens with zero attached hydrogens (tertiary/aromatic N) is 2. The molecular formula is C18H20ClN3O3. The highest BCUT2D eigenvalue weighted by molar-refractivity contribution is 6.30. The van der Waals surface area contributed by atoms with E-state index in [4.69, 9.17) is 21.1 Å². The van der Waals surface area contributed by atoms with E-state index in [1.165, 1.54) is 0 Å². The zero-order chi connectivity index (χ0) is 17.8. The van der Waals surface area contributed by atoms with Crippen molar-refractivity contribution in [3.05, 3.63) is 34.5 Å². The van der Waals surface area contributed by atoms with Gasteiger partial charge in [0.05, 0.1) is 19.4 Å². The first-order valence-corrected chi connectivity index (χ1v) is 8.65. The average Bonchev–Trinajstić information content (AvgIpc) is 3.23. The van der Waals surface area contributed by atoms with Crippen LogP contribution in [0.1, 0.15) is 24.1 Å². The molecule has 0 radical (unpaired) electrons. The Morgan fingerprint density at radius 1 is 1.52 bits per heavy atom. The van der Waals surface area contributed by atoms with E-state index in [-0.39, 0.29) is 17.2 Å². The summed E-state index contributed by atoms with van der Waals surface area (Å²) < 4.78 is 12.7. The molecule has 2 aromatic rings. The van der Waals surface area contributed by atoms with E-state index in [1.54, 1.807) is 18.8 Å². The lowest BCUT2D eigenvalue weighted by molar-refractivity contribution is -0.117. The quantitative estimate of drug-likeness (QED) is 0.912. The standard InChI is InChI=1S/C18H20ClN3O3/c1-10-15(17(24-3)22(2)21-10)20-16(23)13-9-18(13)6-7-25-14-5-4-11(19)8-12(14)18/h4-5,8,13H,6-7,9H2,1-3H3,(H,20,23)/t13-,18-/m0/s1. The van der Waals surface area contributed by atoms with Crippen LogP contribution >= 0.6 is 11.6 Å². The van der Waals surface area contributed by atoms with Crippen LogP contribution in [0.3, 0.4) is 0 Å². The first-order valence-electron chi connectivity index (χ1n) is 8.27. The van der Waals surface area contributed by atoms with Gasteiger partial charge in [0.15, 0.2) is 0 Å². The first-order chi connectivity index (χ1) is 12.0. The summed E-state index contributed by atoms with van der Waals surface area (Å²) in [6.07, 6.45) is 1.62. The molecule has 0 bridgehead atoms. The number of halogens is 1. The number of anilines is 1. The van der Waals surface area contributed by atoms with Gasteiger partial charge in [0.2, 0.25) is 11.8 Å². The Hall–Kier alpha value is -2.21. The summed E-state index contributed by atoms with van der Waals surface area (Å²) in [6, 6.07) is 5.64. The van der Waals surface area contributed by atoms with E-state index in [1.807, 2.05) is 25.1 Å². The van der Waals surface area contributed by atoms with Gasteiger partial charge in [-0.05, 0) is 38.0 Å². The maximum absolute atomic E-state index is 12.9. The largest absolute Gasteiger partial charge is 0.493 e. The molecule has 2 heterocycles. The summed E-state index contributed by atoms with van der Waals surface area (Å²) >= 11 is 6.17. The molecule has 2 aliphatic rings. The van der Waals surface area contributed by atoms with Crippen molar-refractivity contribution in [3.63, 3.8) is 0 Å². The monoisotopic (exact) mass is 361 g/mol. The smallest absolute Gasteiger partial charge is 0.236 e. The highest BCUT2D eigenvalue weighted by Gasteiger charge is 2.61. The number of fused-ring (bicyclic) bond motifs is 2. The number of methoxy groups -OCH3 is 1. The third kappa shape index (κ3) is 2.47. The van der Waals surface area contributed by atoms with E-state index in [9.17, 15) is 4.79 Å². The lowest BCUT2D eigenvalue weighted by atomic mass is 9.87. The Labute approximate surface area is 151 Å². The van der Waals surface area contributed by atoms with Crippen molar-refractivity contribution in [2.75, 3.05) is 19.0 Å². The number of carbonyl (C=O) groups is 1. The number of amides is 1. The van der Waals surface area contributed by atoms with Crippen LogP contribution in [0.15, 0.2) is 18.2 Å². The molecule has 1 aromatic heterocycles. The number of hydrogen-bond acceptors (Lipinski definition) is 4. The average molecular weight is 362 g/mol. The zero-order valence-corrected chi connectivity index (χ0v) is 15.2. The van der Waals surface area contributed by atoms with Gasteiger partial charge in [0.25, 0.3) is 0 Å². The predicted octanol–water partition coefficient (Wildman–Crippen LogP) is 3.07. The summed E-state index contributed by atoms with van der Waals surface area (Å²) in [5, 5.41) is 7.98. The number of aromatic nitrogens is 2. The summed E-state index contributed by atoms with van der Waals surface area (Å²) in [6.45, 7) is 2.47. The molecule has 132 valence electrons. The van der Waals surface area contributed by atoms with Crippen LogP contribution in [0.2, 0.25) is 5.02 Å².